The average Bonchev–Trinajstić information content (AvgIpc) is 2.78. The summed E-state index contributed by atoms with van der Waals surface area (Å²) >= 11 is 0. The molecule has 0 aliphatic rings. The highest BCUT2D eigenvalue weighted by atomic mass is 19.1. The zero-order valence-electron chi connectivity index (χ0n) is 17.2. The molecule has 0 bridgehead atoms. The topological polar surface area (TPSA) is 54.5 Å². The molecule has 0 spiro atoms. The molecule has 3 aromatic rings. The van der Waals surface area contributed by atoms with Crippen LogP contribution in [0.5, 0.6) is 5.75 Å². The van der Waals surface area contributed by atoms with Crippen molar-refractivity contribution in [2.45, 2.75) is 33.0 Å². The highest BCUT2D eigenvalue weighted by Crippen LogP contribution is 2.20. The van der Waals surface area contributed by atoms with Gasteiger partial charge in [0.1, 0.15) is 18.2 Å². The highest BCUT2D eigenvalue weighted by Gasteiger charge is 2.19. The van der Waals surface area contributed by atoms with Crippen LogP contribution in [0.4, 0.5) is 9.18 Å². The quantitative estimate of drug-likeness (QED) is 0.566. The minimum absolute atomic E-state index is 0.154. The monoisotopic (exact) mass is 407 g/mol. The molecule has 1 N–H and O–H groups in total. The van der Waals surface area contributed by atoms with E-state index in [-0.39, 0.29) is 17.9 Å². The zero-order chi connectivity index (χ0) is 21.3. The van der Waals surface area contributed by atoms with Crippen LogP contribution in [-0.2, 0) is 13.2 Å². The van der Waals surface area contributed by atoms with Gasteiger partial charge < -0.3 is 15.0 Å². The molecule has 156 valence electrons. The first-order chi connectivity index (χ1) is 14.6. The van der Waals surface area contributed by atoms with Crippen molar-refractivity contribution in [2.75, 3.05) is 6.54 Å². The largest absolute Gasteiger partial charge is 0.489 e. The Bertz CT molecular complexity index is 931. The summed E-state index contributed by atoms with van der Waals surface area (Å²) < 4.78 is 18.9. The van der Waals surface area contributed by atoms with Gasteiger partial charge in [0, 0.05) is 31.0 Å². The minimum atomic E-state index is -0.286. The van der Waals surface area contributed by atoms with E-state index >= 15 is 0 Å². The molecule has 1 heterocycles. The molecule has 6 heteroatoms. The number of amides is 2. The Morgan fingerprint density at radius 2 is 1.83 bits per heavy atom. The van der Waals surface area contributed by atoms with Gasteiger partial charge in [-0.1, -0.05) is 30.3 Å². The summed E-state index contributed by atoms with van der Waals surface area (Å²) in [5.41, 5.74) is 2.87. The number of hydrogen-bond acceptors (Lipinski definition) is 3. The second-order valence-corrected chi connectivity index (χ2v) is 6.97. The SMILES string of the molecule is CCN(C(=O)NCc1ccc(OCc2cccnc2)cc1)[C@H](C)c1ccc(F)cc1. The molecular weight excluding hydrogens is 381 g/mol. The minimum Gasteiger partial charge on any atom is -0.489 e. The third-order valence-corrected chi connectivity index (χ3v) is 4.92. The van der Waals surface area contributed by atoms with Crippen molar-refractivity contribution < 1.29 is 13.9 Å². The molecule has 2 aromatic carbocycles. The van der Waals surface area contributed by atoms with E-state index in [9.17, 15) is 9.18 Å². The Labute approximate surface area is 176 Å². The van der Waals surface area contributed by atoms with E-state index in [0.29, 0.717) is 19.7 Å². The Morgan fingerprint density at radius 3 is 2.47 bits per heavy atom. The summed E-state index contributed by atoms with van der Waals surface area (Å²) in [6.07, 6.45) is 3.50. The number of urea groups is 1. The van der Waals surface area contributed by atoms with Gasteiger partial charge in [-0.15, -0.1) is 0 Å². The van der Waals surface area contributed by atoms with Crippen LogP contribution >= 0.6 is 0 Å². The zero-order valence-corrected chi connectivity index (χ0v) is 17.2. The number of rotatable bonds is 8. The lowest BCUT2D eigenvalue weighted by Crippen LogP contribution is -2.41. The number of benzene rings is 2. The number of nitrogens with one attached hydrogen (secondary N) is 1. The second-order valence-electron chi connectivity index (χ2n) is 6.97. The Morgan fingerprint density at radius 1 is 1.10 bits per heavy atom. The molecule has 2 amide bonds. The van der Waals surface area contributed by atoms with Crippen molar-refractivity contribution >= 4 is 6.03 Å². The Kier molecular flexibility index (Phi) is 7.38. The lowest BCUT2D eigenvalue weighted by atomic mass is 10.1. The highest BCUT2D eigenvalue weighted by molar-refractivity contribution is 5.74. The molecule has 1 aromatic heterocycles. The van der Waals surface area contributed by atoms with Crippen molar-refractivity contribution in [3.8, 4) is 5.75 Å². The van der Waals surface area contributed by atoms with E-state index in [0.717, 1.165) is 22.4 Å². The molecule has 5 nitrogen and oxygen atoms in total. The molecule has 3 rings (SSSR count). The molecule has 30 heavy (non-hydrogen) atoms. The number of ether oxygens (including phenoxy) is 1. The maximum Gasteiger partial charge on any atom is 0.318 e. The number of nitrogens with zero attached hydrogens (tertiary/aromatic N) is 2. The summed E-state index contributed by atoms with van der Waals surface area (Å²) in [7, 11) is 0. The molecule has 0 unspecified atom stereocenters. The first kappa shape index (κ1) is 21.3. The number of hydrogen-bond donors (Lipinski definition) is 1. The molecule has 0 aliphatic carbocycles. The van der Waals surface area contributed by atoms with E-state index in [1.165, 1.54) is 12.1 Å². The standard InChI is InChI=1S/C24H26FN3O2/c1-3-28(18(2)21-8-10-22(25)11-9-21)24(29)27-16-19-6-12-23(13-7-19)30-17-20-5-4-14-26-15-20/h4-15,18H,3,16-17H2,1-2H3,(H,27,29)/t18-/m1/s1. The number of pyridine rings is 1. The summed E-state index contributed by atoms with van der Waals surface area (Å²) in [6.45, 7) is 5.27. The molecule has 1 atom stereocenters. The molecule has 0 aliphatic heterocycles. The van der Waals surface area contributed by atoms with Crippen molar-refractivity contribution in [1.82, 2.24) is 15.2 Å². The van der Waals surface area contributed by atoms with E-state index in [4.69, 9.17) is 4.74 Å². The van der Waals surface area contributed by atoms with Gasteiger partial charge in [-0.2, -0.15) is 0 Å². The van der Waals surface area contributed by atoms with Crippen molar-refractivity contribution in [1.29, 1.82) is 0 Å². The maximum absolute atomic E-state index is 13.2. The fraction of sp³-hybridized carbons (Fsp3) is 0.250. The van der Waals surface area contributed by atoms with Crippen LogP contribution in [0.1, 0.15) is 36.6 Å². The molecular formula is C24H26FN3O2. The van der Waals surface area contributed by atoms with Crippen LogP contribution in [0.15, 0.2) is 73.1 Å². The second kappa shape index (κ2) is 10.4. The summed E-state index contributed by atoms with van der Waals surface area (Å²) in [6, 6.07) is 17.4. The first-order valence-corrected chi connectivity index (χ1v) is 9.97. The van der Waals surface area contributed by atoms with Crippen LogP contribution in [0, 0.1) is 5.82 Å². The predicted octanol–water partition coefficient (Wildman–Crippen LogP) is 5.09. The fourth-order valence-electron chi connectivity index (χ4n) is 3.15. The molecule has 0 saturated carbocycles. The van der Waals surface area contributed by atoms with Gasteiger partial charge in [-0.3, -0.25) is 4.98 Å². The Balaban J connectivity index is 1.52. The average molecular weight is 407 g/mol. The van der Waals surface area contributed by atoms with E-state index in [2.05, 4.69) is 10.3 Å². The summed E-state index contributed by atoms with van der Waals surface area (Å²) in [4.78, 5) is 18.5. The predicted molar refractivity (Wildman–Crippen MR) is 114 cm³/mol. The van der Waals surface area contributed by atoms with Crippen molar-refractivity contribution in [3.63, 3.8) is 0 Å². The lowest BCUT2D eigenvalue weighted by molar-refractivity contribution is 0.182. The van der Waals surface area contributed by atoms with Crippen LogP contribution in [0.25, 0.3) is 0 Å². The lowest BCUT2D eigenvalue weighted by Gasteiger charge is -2.28. The Hall–Kier alpha value is -3.41. The smallest absolute Gasteiger partial charge is 0.318 e. The number of aromatic nitrogens is 1. The van der Waals surface area contributed by atoms with Crippen LogP contribution in [0.2, 0.25) is 0 Å². The van der Waals surface area contributed by atoms with Gasteiger partial charge in [-0.05, 0) is 55.3 Å². The van der Waals surface area contributed by atoms with Gasteiger partial charge in [0.05, 0.1) is 6.04 Å². The van der Waals surface area contributed by atoms with Crippen molar-refractivity contribution in [2.24, 2.45) is 0 Å². The van der Waals surface area contributed by atoms with Gasteiger partial charge >= 0.3 is 6.03 Å². The van der Waals surface area contributed by atoms with E-state index in [1.807, 2.05) is 50.2 Å². The molecule has 0 saturated heterocycles. The third kappa shape index (κ3) is 5.80. The van der Waals surface area contributed by atoms with Gasteiger partial charge in [0.2, 0.25) is 0 Å². The molecule has 0 radical (unpaired) electrons. The fourth-order valence-corrected chi connectivity index (χ4v) is 3.15. The summed E-state index contributed by atoms with van der Waals surface area (Å²) in [5.74, 6) is 0.473. The van der Waals surface area contributed by atoms with Crippen molar-refractivity contribution in [3.05, 3.63) is 95.6 Å². The number of carbonyl (C=O) groups is 1. The van der Waals surface area contributed by atoms with Gasteiger partial charge in [-0.25, -0.2) is 9.18 Å². The maximum atomic E-state index is 13.2. The van der Waals surface area contributed by atoms with E-state index < -0.39 is 0 Å². The van der Waals surface area contributed by atoms with Crippen LogP contribution in [0.3, 0.4) is 0 Å². The van der Waals surface area contributed by atoms with Crippen LogP contribution < -0.4 is 10.1 Å². The first-order valence-electron chi connectivity index (χ1n) is 9.97. The molecule has 0 fully saturated rings. The van der Waals surface area contributed by atoms with Gasteiger partial charge in [0.25, 0.3) is 0 Å². The number of halogens is 1. The normalized spacial score (nSPS) is 11.6. The van der Waals surface area contributed by atoms with E-state index in [1.54, 1.807) is 29.4 Å². The number of carbonyl (C=O) groups excluding carboxylic acids is 1. The van der Waals surface area contributed by atoms with Gasteiger partial charge in [0.15, 0.2) is 0 Å². The van der Waals surface area contributed by atoms with Crippen LogP contribution in [-0.4, -0.2) is 22.5 Å². The summed E-state index contributed by atoms with van der Waals surface area (Å²) in [5, 5.41) is 2.95. The third-order valence-electron chi connectivity index (χ3n) is 4.92.